The molecule has 1 saturated heterocycles. The van der Waals surface area contributed by atoms with Gasteiger partial charge < -0.3 is 24.1 Å². The fraction of sp³-hybridized carbons (Fsp3) is 0.560. The van der Waals surface area contributed by atoms with Crippen molar-refractivity contribution in [3.05, 3.63) is 68.5 Å². The second-order valence-electron chi connectivity index (χ2n) is 10.6. The van der Waals surface area contributed by atoms with Gasteiger partial charge in [-0.3, -0.25) is 14.2 Å². The molecular formula is C25H36N2O8Si. The minimum atomic E-state index is -2.43. The molecule has 36 heavy (non-hydrogen) atoms. The molecule has 2 heterocycles. The van der Waals surface area contributed by atoms with Crippen molar-refractivity contribution in [1.29, 1.82) is 0 Å². The van der Waals surface area contributed by atoms with Gasteiger partial charge in [0.05, 0.1) is 6.61 Å². The molecule has 0 bridgehead atoms. The van der Waals surface area contributed by atoms with Gasteiger partial charge in [0, 0.05) is 11.8 Å². The van der Waals surface area contributed by atoms with Crippen molar-refractivity contribution in [2.75, 3.05) is 6.61 Å². The van der Waals surface area contributed by atoms with Crippen molar-refractivity contribution in [3.8, 4) is 0 Å². The first-order valence-corrected chi connectivity index (χ1v) is 14.8. The Labute approximate surface area is 211 Å². The van der Waals surface area contributed by atoms with Crippen LogP contribution in [0.4, 0.5) is 0 Å². The maximum atomic E-state index is 13.4. The number of ether oxygens (including phenoxy) is 2. The van der Waals surface area contributed by atoms with E-state index in [1.807, 2.05) is 52.1 Å². The lowest BCUT2D eigenvalue weighted by molar-refractivity contribution is -0.145. The van der Waals surface area contributed by atoms with Gasteiger partial charge in [-0.15, -0.1) is 0 Å². The topological polar surface area (TPSA) is 129 Å². The van der Waals surface area contributed by atoms with Crippen molar-refractivity contribution >= 4 is 14.3 Å². The first kappa shape index (κ1) is 28.0. The summed E-state index contributed by atoms with van der Waals surface area (Å²) in [5.74, 6) is -0.745. The summed E-state index contributed by atoms with van der Waals surface area (Å²) in [6, 6.07) is 9.05. The van der Waals surface area contributed by atoms with Crippen molar-refractivity contribution in [3.63, 3.8) is 0 Å². The van der Waals surface area contributed by atoms with Crippen LogP contribution in [0.3, 0.4) is 0 Å². The van der Waals surface area contributed by atoms with Gasteiger partial charge in [-0.2, -0.15) is 0 Å². The van der Waals surface area contributed by atoms with Crippen LogP contribution in [0.25, 0.3) is 0 Å². The van der Waals surface area contributed by atoms with Gasteiger partial charge in [0.25, 0.3) is 5.56 Å². The average molecular weight is 521 g/mol. The second-order valence-corrected chi connectivity index (χ2v) is 15.4. The normalized spacial score (nSPS) is 22.6. The molecule has 4 unspecified atom stereocenters. The van der Waals surface area contributed by atoms with Crippen LogP contribution in [0.1, 0.15) is 38.1 Å². The Morgan fingerprint density at radius 2 is 1.81 bits per heavy atom. The number of aromatic nitrogens is 2. The molecular weight excluding hydrogens is 484 g/mol. The SMILES string of the molecule is Cc1cn(C2OC(CO)C(O)C2O[Si](C)(C)C(C)(C)C)c(=O)n(CC(=O)OCc2ccccc2)c1=O. The quantitative estimate of drug-likeness (QED) is 0.398. The molecule has 0 aliphatic carbocycles. The fourth-order valence-corrected chi connectivity index (χ4v) is 5.02. The van der Waals surface area contributed by atoms with Crippen molar-refractivity contribution in [1.82, 2.24) is 9.13 Å². The Hall–Kier alpha value is -2.57. The second kappa shape index (κ2) is 10.8. The van der Waals surface area contributed by atoms with E-state index in [9.17, 15) is 24.6 Å². The number of nitrogens with zero attached hydrogens (tertiary/aromatic N) is 2. The van der Waals surface area contributed by atoms with Gasteiger partial charge >= 0.3 is 11.7 Å². The summed E-state index contributed by atoms with van der Waals surface area (Å²) < 4.78 is 19.5. The summed E-state index contributed by atoms with van der Waals surface area (Å²) in [6.45, 7) is 10.6. The zero-order chi connectivity index (χ0) is 26.8. The third-order valence-corrected chi connectivity index (χ3v) is 11.4. The fourth-order valence-electron chi connectivity index (χ4n) is 3.73. The van der Waals surface area contributed by atoms with Crippen LogP contribution in [-0.2, 0) is 31.8 Å². The van der Waals surface area contributed by atoms with Crippen LogP contribution in [0.5, 0.6) is 0 Å². The zero-order valence-electron chi connectivity index (χ0n) is 21.6. The smallest absolute Gasteiger partial charge is 0.333 e. The molecule has 0 radical (unpaired) electrons. The number of aliphatic hydroxyl groups is 2. The molecule has 1 fully saturated rings. The summed E-state index contributed by atoms with van der Waals surface area (Å²) >= 11 is 0. The van der Waals surface area contributed by atoms with Gasteiger partial charge in [-0.1, -0.05) is 51.1 Å². The maximum Gasteiger partial charge on any atom is 0.333 e. The average Bonchev–Trinajstić information content (AvgIpc) is 3.12. The number of carbonyl (C=O) groups excluding carboxylic acids is 1. The highest BCUT2D eigenvalue weighted by molar-refractivity contribution is 6.74. The summed E-state index contributed by atoms with van der Waals surface area (Å²) in [4.78, 5) is 38.7. The van der Waals surface area contributed by atoms with E-state index >= 15 is 0 Å². The number of aryl methyl sites for hydroxylation is 1. The summed E-state index contributed by atoms with van der Waals surface area (Å²) in [7, 11) is -2.43. The van der Waals surface area contributed by atoms with Gasteiger partial charge in [-0.05, 0) is 30.6 Å². The van der Waals surface area contributed by atoms with Crippen LogP contribution < -0.4 is 11.2 Å². The highest BCUT2D eigenvalue weighted by Crippen LogP contribution is 2.41. The van der Waals surface area contributed by atoms with E-state index < -0.39 is 63.2 Å². The van der Waals surface area contributed by atoms with Crippen LogP contribution in [0.2, 0.25) is 18.1 Å². The Balaban J connectivity index is 1.93. The maximum absolute atomic E-state index is 13.4. The molecule has 1 aromatic heterocycles. The van der Waals surface area contributed by atoms with Gasteiger partial charge in [0.15, 0.2) is 14.5 Å². The standard InChI is InChI=1S/C25H36N2O8Si/c1-16-12-27(23-21(20(30)18(14-28)34-23)35-36(5,6)25(2,3)4)24(32)26(22(16)31)13-19(29)33-15-17-10-8-7-9-11-17/h7-12,18,20-21,23,28,30H,13-15H2,1-6H3. The molecule has 1 aromatic carbocycles. The molecule has 1 aliphatic heterocycles. The predicted molar refractivity (Wildman–Crippen MR) is 135 cm³/mol. The van der Waals surface area contributed by atoms with E-state index in [-0.39, 0.29) is 17.2 Å². The molecule has 2 aromatic rings. The minimum Gasteiger partial charge on any atom is -0.459 e. The molecule has 198 valence electrons. The van der Waals surface area contributed by atoms with Crippen LogP contribution in [0, 0.1) is 6.92 Å². The lowest BCUT2D eigenvalue weighted by atomic mass is 10.1. The number of carbonyl (C=O) groups is 1. The van der Waals surface area contributed by atoms with Gasteiger partial charge in [0.1, 0.15) is 31.5 Å². The Morgan fingerprint density at radius 3 is 2.39 bits per heavy atom. The van der Waals surface area contributed by atoms with Crippen LogP contribution >= 0.6 is 0 Å². The van der Waals surface area contributed by atoms with E-state index in [0.29, 0.717) is 0 Å². The molecule has 0 saturated carbocycles. The van der Waals surface area contributed by atoms with Crippen molar-refractivity contribution < 1.29 is 28.9 Å². The number of hydrogen-bond donors (Lipinski definition) is 2. The Morgan fingerprint density at radius 1 is 1.17 bits per heavy atom. The lowest BCUT2D eigenvalue weighted by Crippen LogP contribution is -2.51. The number of benzene rings is 1. The van der Waals surface area contributed by atoms with E-state index in [1.54, 1.807) is 12.1 Å². The molecule has 1 aliphatic rings. The Kier molecular flexibility index (Phi) is 8.41. The molecule has 11 heteroatoms. The molecule has 2 N–H and O–H groups in total. The van der Waals surface area contributed by atoms with Crippen molar-refractivity contribution in [2.45, 2.75) is 83.5 Å². The van der Waals surface area contributed by atoms with Gasteiger partial charge in [-0.25, -0.2) is 9.36 Å². The molecule has 0 spiro atoms. The highest BCUT2D eigenvalue weighted by atomic mass is 28.4. The molecule has 4 atom stereocenters. The monoisotopic (exact) mass is 520 g/mol. The molecule has 3 rings (SSSR count). The first-order valence-electron chi connectivity index (χ1n) is 11.9. The third-order valence-electron chi connectivity index (χ3n) is 6.90. The number of hydrogen-bond acceptors (Lipinski definition) is 8. The van der Waals surface area contributed by atoms with E-state index in [1.165, 1.54) is 13.1 Å². The molecule has 0 amide bonds. The third kappa shape index (κ3) is 5.87. The van der Waals surface area contributed by atoms with E-state index in [0.717, 1.165) is 14.7 Å². The van der Waals surface area contributed by atoms with Crippen LogP contribution in [-0.4, -0.2) is 58.6 Å². The summed E-state index contributed by atoms with van der Waals surface area (Å²) in [5.41, 5.74) is -0.468. The first-order chi connectivity index (χ1) is 16.8. The molecule has 10 nitrogen and oxygen atoms in total. The number of aliphatic hydroxyl groups excluding tert-OH is 2. The van der Waals surface area contributed by atoms with Crippen LogP contribution in [0.15, 0.2) is 46.1 Å². The van der Waals surface area contributed by atoms with Crippen molar-refractivity contribution in [2.24, 2.45) is 0 Å². The summed E-state index contributed by atoms with van der Waals surface area (Å²) in [6.07, 6.45) is -2.91. The summed E-state index contributed by atoms with van der Waals surface area (Å²) in [5, 5.41) is 20.4. The van der Waals surface area contributed by atoms with E-state index in [2.05, 4.69) is 0 Å². The number of rotatable bonds is 8. The van der Waals surface area contributed by atoms with Gasteiger partial charge in [0.2, 0.25) is 0 Å². The largest absolute Gasteiger partial charge is 0.459 e. The predicted octanol–water partition coefficient (Wildman–Crippen LogP) is 1.70. The Bertz CT molecular complexity index is 1190. The zero-order valence-corrected chi connectivity index (χ0v) is 22.6. The van der Waals surface area contributed by atoms with E-state index in [4.69, 9.17) is 13.9 Å². The minimum absolute atomic E-state index is 0.00691. The number of esters is 1. The lowest BCUT2D eigenvalue weighted by Gasteiger charge is -2.40. The highest BCUT2D eigenvalue weighted by Gasteiger charge is 2.50.